The van der Waals surface area contributed by atoms with Crippen molar-refractivity contribution in [1.82, 2.24) is 5.32 Å². The minimum Gasteiger partial charge on any atom is -0.469 e. The highest BCUT2D eigenvalue weighted by molar-refractivity contribution is 5.95. The average molecular weight is 329 g/mol. The zero-order chi connectivity index (χ0) is 17.2. The third-order valence-corrected chi connectivity index (χ3v) is 2.84. The highest BCUT2D eigenvalue weighted by Gasteiger charge is 2.26. The van der Waals surface area contributed by atoms with Crippen LogP contribution in [0.5, 0.6) is 0 Å². The maximum absolute atomic E-state index is 12.9. The number of benzene rings is 1. The molecule has 1 rings (SSSR count). The predicted octanol–water partition coefficient (Wildman–Crippen LogP) is 2.07. The van der Waals surface area contributed by atoms with E-state index in [9.17, 15) is 23.2 Å². The standard InChI is InChI=1S/C15H17F2NO5/c1-22-13(20)8-11(19)7-12(14(16)17)18-15(21)23-9-10-5-3-2-4-6-10/h2-6,12,14H,7-9H2,1H3,(H,18,21). The van der Waals surface area contributed by atoms with E-state index in [4.69, 9.17) is 4.74 Å². The van der Waals surface area contributed by atoms with Gasteiger partial charge >= 0.3 is 12.1 Å². The Bertz CT molecular complexity index is 536. The number of hydrogen-bond acceptors (Lipinski definition) is 5. The normalized spacial score (nSPS) is 11.7. The third kappa shape index (κ3) is 7.35. The molecular weight excluding hydrogens is 312 g/mol. The highest BCUT2D eigenvalue weighted by atomic mass is 19.3. The summed E-state index contributed by atoms with van der Waals surface area (Å²) in [6.07, 6.45) is -5.35. The van der Waals surface area contributed by atoms with Crippen LogP contribution in [0.2, 0.25) is 0 Å². The van der Waals surface area contributed by atoms with Crippen LogP contribution < -0.4 is 5.32 Å². The van der Waals surface area contributed by atoms with E-state index in [1.807, 2.05) is 5.32 Å². The lowest BCUT2D eigenvalue weighted by atomic mass is 10.1. The number of esters is 1. The maximum atomic E-state index is 12.9. The zero-order valence-electron chi connectivity index (χ0n) is 12.5. The van der Waals surface area contributed by atoms with Gasteiger partial charge in [-0.25, -0.2) is 13.6 Å². The number of hydrogen-bond donors (Lipinski definition) is 1. The van der Waals surface area contributed by atoms with Crippen LogP contribution in [-0.4, -0.2) is 37.4 Å². The minimum atomic E-state index is -2.97. The Morgan fingerprint density at radius 3 is 2.39 bits per heavy atom. The fourth-order valence-corrected chi connectivity index (χ4v) is 1.67. The number of alkyl halides is 2. The molecule has 23 heavy (non-hydrogen) atoms. The molecule has 1 amide bonds. The van der Waals surface area contributed by atoms with Gasteiger partial charge in [0.2, 0.25) is 0 Å². The van der Waals surface area contributed by atoms with Gasteiger partial charge in [0.15, 0.2) is 0 Å². The number of Topliss-reactive ketones (excluding diaryl/α,β-unsaturated/α-hetero) is 1. The van der Waals surface area contributed by atoms with Crippen molar-refractivity contribution in [3.8, 4) is 0 Å². The van der Waals surface area contributed by atoms with Crippen molar-refractivity contribution in [1.29, 1.82) is 0 Å². The molecule has 0 aromatic heterocycles. The number of amides is 1. The van der Waals surface area contributed by atoms with Crippen molar-refractivity contribution in [2.24, 2.45) is 0 Å². The summed E-state index contributed by atoms with van der Waals surface area (Å²) >= 11 is 0. The summed E-state index contributed by atoms with van der Waals surface area (Å²) in [5.74, 6) is -1.58. The van der Waals surface area contributed by atoms with Gasteiger partial charge in [-0.15, -0.1) is 0 Å². The summed E-state index contributed by atoms with van der Waals surface area (Å²) in [5, 5.41) is 1.92. The summed E-state index contributed by atoms with van der Waals surface area (Å²) in [6.45, 7) is -0.0846. The van der Waals surface area contributed by atoms with E-state index in [0.29, 0.717) is 5.56 Å². The van der Waals surface area contributed by atoms with Crippen molar-refractivity contribution in [2.45, 2.75) is 31.9 Å². The number of carbonyl (C=O) groups excluding carboxylic acids is 3. The molecule has 0 saturated heterocycles. The summed E-state index contributed by atoms with van der Waals surface area (Å²) in [4.78, 5) is 33.9. The van der Waals surface area contributed by atoms with Crippen LogP contribution in [0.4, 0.5) is 13.6 Å². The summed E-state index contributed by atoms with van der Waals surface area (Å²) < 4.78 is 34.8. The van der Waals surface area contributed by atoms with Crippen LogP contribution >= 0.6 is 0 Å². The van der Waals surface area contributed by atoms with Crippen molar-refractivity contribution >= 4 is 17.8 Å². The molecule has 0 aliphatic heterocycles. The molecular formula is C15H17F2NO5. The van der Waals surface area contributed by atoms with Crippen molar-refractivity contribution in [2.75, 3.05) is 7.11 Å². The number of ketones is 1. The molecule has 8 heteroatoms. The first-order chi connectivity index (χ1) is 10.9. The molecule has 1 unspecified atom stereocenters. The van der Waals surface area contributed by atoms with Crippen molar-refractivity contribution < 1.29 is 32.6 Å². The predicted molar refractivity (Wildman–Crippen MR) is 75.8 cm³/mol. The number of methoxy groups -OCH3 is 1. The maximum Gasteiger partial charge on any atom is 0.407 e. The molecule has 126 valence electrons. The smallest absolute Gasteiger partial charge is 0.407 e. The molecule has 0 saturated carbocycles. The van der Waals surface area contributed by atoms with Crippen LogP contribution in [0, 0.1) is 0 Å². The lowest BCUT2D eigenvalue weighted by Gasteiger charge is -2.17. The minimum absolute atomic E-state index is 0.0846. The average Bonchev–Trinajstić information content (AvgIpc) is 2.53. The molecule has 0 fully saturated rings. The summed E-state index contributed by atoms with van der Waals surface area (Å²) in [6, 6.07) is 6.95. The molecule has 0 bridgehead atoms. The number of carbonyl (C=O) groups is 3. The molecule has 6 nitrogen and oxygen atoms in total. The van der Waals surface area contributed by atoms with Gasteiger partial charge in [0.05, 0.1) is 13.2 Å². The van der Waals surface area contributed by atoms with E-state index in [0.717, 1.165) is 7.11 Å². The van der Waals surface area contributed by atoms with Crippen LogP contribution in [0.15, 0.2) is 30.3 Å². The lowest BCUT2D eigenvalue weighted by Crippen LogP contribution is -2.42. The van der Waals surface area contributed by atoms with E-state index in [1.54, 1.807) is 30.3 Å². The van der Waals surface area contributed by atoms with E-state index < -0.39 is 43.2 Å². The SMILES string of the molecule is COC(=O)CC(=O)CC(NC(=O)OCc1ccccc1)C(F)F. The van der Waals surface area contributed by atoms with Gasteiger partial charge in [0, 0.05) is 6.42 Å². The Balaban J connectivity index is 2.46. The second kappa shape index (κ2) is 9.50. The summed E-state index contributed by atoms with van der Waals surface area (Å²) in [5.41, 5.74) is 0.693. The topological polar surface area (TPSA) is 81.7 Å². The third-order valence-electron chi connectivity index (χ3n) is 2.84. The Kier molecular flexibility index (Phi) is 7.65. The molecule has 0 radical (unpaired) electrons. The molecule has 1 aromatic rings. The van der Waals surface area contributed by atoms with Crippen LogP contribution in [-0.2, 0) is 25.7 Å². The molecule has 0 aliphatic rings. The van der Waals surface area contributed by atoms with Crippen LogP contribution in [0.25, 0.3) is 0 Å². The number of nitrogens with one attached hydrogen (secondary N) is 1. The largest absolute Gasteiger partial charge is 0.469 e. The Labute approximate surface area is 131 Å². The van der Waals surface area contributed by atoms with Gasteiger partial charge < -0.3 is 14.8 Å². The number of alkyl carbamates (subject to hydrolysis) is 1. The molecule has 0 heterocycles. The fourth-order valence-electron chi connectivity index (χ4n) is 1.67. The monoisotopic (exact) mass is 329 g/mol. The molecule has 1 atom stereocenters. The van der Waals surface area contributed by atoms with Gasteiger partial charge in [-0.1, -0.05) is 30.3 Å². The van der Waals surface area contributed by atoms with Gasteiger partial charge in [-0.05, 0) is 5.56 Å². The number of ether oxygens (including phenoxy) is 2. The zero-order valence-corrected chi connectivity index (χ0v) is 12.5. The first-order valence-corrected chi connectivity index (χ1v) is 6.76. The highest BCUT2D eigenvalue weighted by Crippen LogP contribution is 2.09. The molecule has 1 aromatic carbocycles. The van der Waals surface area contributed by atoms with E-state index in [1.165, 1.54) is 0 Å². The van der Waals surface area contributed by atoms with E-state index in [2.05, 4.69) is 4.74 Å². The number of halogens is 2. The van der Waals surface area contributed by atoms with E-state index in [-0.39, 0.29) is 6.61 Å². The van der Waals surface area contributed by atoms with Gasteiger partial charge in [0.1, 0.15) is 18.8 Å². The number of rotatable bonds is 8. The fraction of sp³-hybridized carbons (Fsp3) is 0.400. The quantitative estimate of drug-likeness (QED) is 0.583. The van der Waals surface area contributed by atoms with Gasteiger partial charge in [0.25, 0.3) is 6.43 Å². The van der Waals surface area contributed by atoms with Gasteiger partial charge in [-0.3, -0.25) is 9.59 Å². The summed E-state index contributed by atoms with van der Waals surface area (Å²) in [7, 11) is 1.08. The second-order valence-electron chi connectivity index (χ2n) is 4.64. The van der Waals surface area contributed by atoms with Crippen LogP contribution in [0.3, 0.4) is 0 Å². The Morgan fingerprint density at radius 2 is 1.83 bits per heavy atom. The molecule has 1 N–H and O–H groups in total. The first kappa shape index (κ1) is 18.5. The van der Waals surface area contributed by atoms with Gasteiger partial charge in [-0.2, -0.15) is 0 Å². The first-order valence-electron chi connectivity index (χ1n) is 6.76. The second-order valence-corrected chi connectivity index (χ2v) is 4.64. The Morgan fingerprint density at radius 1 is 1.17 bits per heavy atom. The van der Waals surface area contributed by atoms with Crippen LogP contribution in [0.1, 0.15) is 18.4 Å². The van der Waals surface area contributed by atoms with Crippen molar-refractivity contribution in [3.63, 3.8) is 0 Å². The van der Waals surface area contributed by atoms with Crippen molar-refractivity contribution in [3.05, 3.63) is 35.9 Å². The van der Waals surface area contributed by atoms with E-state index >= 15 is 0 Å². The molecule has 0 aliphatic carbocycles. The lowest BCUT2D eigenvalue weighted by molar-refractivity contribution is -0.143. The Hall–Kier alpha value is -2.51. The molecule has 0 spiro atoms.